The van der Waals surface area contributed by atoms with Gasteiger partial charge >= 0.3 is 0 Å². The molecule has 0 spiro atoms. The second-order valence-electron chi connectivity index (χ2n) is 5.00. The van der Waals surface area contributed by atoms with Crippen molar-refractivity contribution in [1.29, 1.82) is 0 Å². The minimum atomic E-state index is 0.0938. The molecule has 0 saturated heterocycles. The smallest absolute Gasteiger partial charge is 0.126 e. The van der Waals surface area contributed by atoms with Gasteiger partial charge in [-0.2, -0.15) is 0 Å². The van der Waals surface area contributed by atoms with Gasteiger partial charge in [0, 0.05) is 5.41 Å². The first-order valence-corrected chi connectivity index (χ1v) is 5.76. The Hall–Kier alpha value is -0.330. The molecule has 0 aromatic heterocycles. The molecule has 2 aliphatic carbocycles. The Morgan fingerprint density at radius 3 is 2.31 bits per heavy atom. The summed E-state index contributed by atoms with van der Waals surface area (Å²) in [5.74, 6) is 1.37. The average Bonchev–Trinajstić information content (AvgIpc) is 2.73. The summed E-state index contributed by atoms with van der Waals surface area (Å²) in [5, 5.41) is 0. The van der Waals surface area contributed by atoms with Gasteiger partial charge in [-0.25, -0.2) is 0 Å². The Labute approximate surface area is 80.9 Å². The first kappa shape index (κ1) is 9.23. The van der Waals surface area contributed by atoms with Crippen molar-refractivity contribution in [3.63, 3.8) is 0 Å². The number of rotatable bonds is 2. The highest BCUT2D eigenvalue weighted by molar-refractivity contribution is 5.61. The molecular formula is C12H20O. The fraction of sp³-hybridized carbons (Fsp3) is 0.917. The third-order valence-corrected chi connectivity index (χ3v) is 4.50. The van der Waals surface area contributed by atoms with Gasteiger partial charge < -0.3 is 4.79 Å². The first-order valence-electron chi connectivity index (χ1n) is 5.76. The van der Waals surface area contributed by atoms with Crippen LogP contribution in [-0.4, -0.2) is 6.29 Å². The van der Waals surface area contributed by atoms with Crippen molar-refractivity contribution in [2.45, 2.75) is 51.9 Å². The van der Waals surface area contributed by atoms with E-state index in [1.165, 1.54) is 51.2 Å². The Bertz CT molecular complexity index is 193. The molecule has 2 rings (SSSR count). The predicted octanol–water partition coefficient (Wildman–Crippen LogP) is 3.18. The standard InChI is InChI=1S/C12H20O/c1-10-5-4-8-12(10,9-13)11-6-2-3-7-11/h9-11H,2-8H2,1H3. The van der Waals surface area contributed by atoms with Crippen LogP contribution >= 0.6 is 0 Å². The zero-order chi connectivity index (χ0) is 9.31. The minimum absolute atomic E-state index is 0.0938. The largest absolute Gasteiger partial charge is 0.303 e. The zero-order valence-corrected chi connectivity index (χ0v) is 8.59. The Morgan fingerprint density at radius 2 is 1.85 bits per heavy atom. The van der Waals surface area contributed by atoms with Gasteiger partial charge in [0.15, 0.2) is 0 Å². The Kier molecular flexibility index (Phi) is 2.44. The molecule has 0 N–H and O–H groups in total. The third-order valence-electron chi connectivity index (χ3n) is 4.50. The van der Waals surface area contributed by atoms with Gasteiger partial charge in [0.05, 0.1) is 0 Å². The fourth-order valence-corrected chi connectivity index (χ4v) is 3.57. The van der Waals surface area contributed by atoms with Crippen LogP contribution in [0, 0.1) is 17.3 Å². The molecule has 2 aliphatic rings. The van der Waals surface area contributed by atoms with Crippen LogP contribution in [0.15, 0.2) is 0 Å². The summed E-state index contributed by atoms with van der Waals surface area (Å²) in [5.41, 5.74) is 0.0938. The summed E-state index contributed by atoms with van der Waals surface area (Å²) in [6, 6.07) is 0. The first-order chi connectivity index (χ1) is 6.29. The maximum atomic E-state index is 11.3. The number of carbonyl (C=O) groups excluding carboxylic acids is 1. The summed E-state index contributed by atoms with van der Waals surface area (Å²) < 4.78 is 0. The van der Waals surface area contributed by atoms with Gasteiger partial charge in [-0.3, -0.25) is 0 Å². The molecule has 74 valence electrons. The minimum Gasteiger partial charge on any atom is -0.303 e. The van der Waals surface area contributed by atoms with E-state index in [0.29, 0.717) is 5.92 Å². The lowest BCUT2D eigenvalue weighted by Crippen LogP contribution is -2.33. The molecule has 0 aromatic rings. The average molecular weight is 180 g/mol. The van der Waals surface area contributed by atoms with Crippen LogP contribution in [0.25, 0.3) is 0 Å². The SMILES string of the molecule is CC1CCCC1(C=O)C1CCCC1. The summed E-state index contributed by atoms with van der Waals surface area (Å²) in [7, 11) is 0. The molecule has 2 atom stereocenters. The lowest BCUT2D eigenvalue weighted by atomic mass is 9.69. The topological polar surface area (TPSA) is 17.1 Å². The maximum absolute atomic E-state index is 11.3. The fourth-order valence-electron chi connectivity index (χ4n) is 3.57. The van der Waals surface area contributed by atoms with E-state index >= 15 is 0 Å². The van der Waals surface area contributed by atoms with Crippen LogP contribution in [-0.2, 0) is 4.79 Å². The highest BCUT2D eigenvalue weighted by Crippen LogP contribution is 2.52. The summed E-state index contributed by atoms with van der Waals surface area (Å²) in [6.07, 6.45) is 10.3. The molecule has 0 heterocycles. The van der Waals surface area contributed by atoms with E-state index in [4.69, 9.17) is 0 Å². The molecular weight excluding hydrogens is 160 g/mol. The van der Waals surface area contributed by atoms with Crippen LogP contribution in [0.3, 0.4) is 0 Å². The molecule has 2 unspecified atom stereocenters. The normalized spacial score (nSPS) is 41.2. The maximum Gasteiger partial charge on any atom is 0.126 e. The number of hydrogen-bond donors (Lipinski definition) is 0. The Morgan fingerprint density at radius 1 is 1.15 bits per heavy atom. The van der Waals surface area contributed by atoms with E-state index in [2.05, 4.69) is 6.92 Å². The van der Waals surface area contributed by atoms with Gasteiger partial charge in [-0.05, 0) is 37.5 Å². The lowest BCUT2D eigenvalue weighted by molar-refractivity contribution is -0.121. The summed E-state index contributed by atoms with van der Waals surface area (Å²) in [6.45, 7) is 2.28. The molecule has 0 radical (unpaired) electrons. The van der Waals surface area contributed by atoms with E-state index in [1.54, 1.807) is 0 Å². The van der Waals surface area contributed by atoms with E-state index in [1.807, 2.05) is 0 Å². The van der Waals surface area contributed by atoms with Gasteiger partial charge in [0.1, 0.15) is 6.29 Å². The third kappa shape index (κ3) is 1.33. The van der Waals surface area contributed by atoms with Crippen LogP contribution in [0.2, 0.25) is 0 Å². The van der Waals surface area contributed by atoms with Crippen LogP contribution in [0.1, 0.15) is 51.9 Å². The quantitative estimate of drug-likeness (QED) is 0.596. The lowest BCUT2D eigenvalue weighted by Gasteiger charge is -2.34. The van der Waals surface area contributed by atoms with Gasteiger partial charge in [0.25, 0.3) is 0 Å². The van der Waals surface area contributed by atoms with E-state index < -0.39 is 0 Å². The molecule has 2 fully saturated rings. The van der Waals surface area contributed by atoms with Gasteiger partial charge in [-0.1, -0.05) is 26.2 Å². The van der Waals surface area contributed by atoms with E-state index in [0.717, 1.165) is 5.92 Å². The summed E-state index contributed by atoms with van der Waals surface area (Å²) >= 11 is 0. The molecule has 13 heavy (non-hydrogen) atoms. The molecule has 1 nitrogen and oxygen atoms in total. The van der Waals surface area contributed by atoms with Crippen molar-refractivity contribution < 1.29 is 4.79 Å². The second kappa shape index (κ2) is 3.43. The van der Waals surface area contributed by atoms with E-state index in [9.17, 15) is 4.79 Å². The van der Waals surface area contributed by atoms with Crippen molar-refractivity contribution in [2.75, 3.05) is 0 Å². The van der Waals surface area contributed by atoms with Crippen molar-refractivity contribution in [3.05, 3.63) is 0 Å². The number of hydrogen-bond acceptors (Lipinski definition) is 1. The van der Waals surface area contributed by atoms with Crippen molar-refractivity contribution in [1.82, 2.24) is 0 Å². The molecule has 0 aromatic carbocycles. The number of aldehydes is 1. The van der Waals surface area contributed by atoms with Gasteiger partial charge in [-0.15, -0.1) is 0 Å². The molecule has 0 bridgehead atoms. The highest BCUT2D eigenvalue weighted by atomic mass is 16.1. The highest BCUT2D eigenvalue weighted by Gasteiger charge is 2.46. The van der Waals surface area contributed by atoms with Crippen molar-refractivity contribution in [2.24, 2.45) is 17.3 Å². The molecule has 0 aliphatic heterocycles. The summed E-state index contributed by atoms with van der Waals surface area (Å²) in [4.78, 5) is 11.3. The molecule has 1 heteroatoms. The van der Waals surface area contributed by atoms with Crippen molar-refractivity contribution >= 4 is 6.29 Å². The monoisotopic (exact) mass is 180 g/mol. The van der Waals surface area contributed by atoms with E-state index in [-0.39, 0.29) is 5.41 Å². The van der Waals surface area contributed by atoms with Crippen LogP contribution in [0.4, 0.5) is 0 Å². The molecule has 2 saturated carbocycles. The second-order valence-corrected chi connectivity index (χ2v) is 5.00. The zero-order valence-electron chi connectivity index (χ0n) is 8.59. The van der Waals surface area contributed by atoms with Crippen LogP contribution in [0.5, 0.6) is 0 Å². The van der Waals surface area contributed by atoms with Crippen LogP contribution < -0.4 is 0 Å². The van der Waals surface area contributed by atoms with Crippen molar-refractivity contribution in [3.8, 4) is 0 Å². The molecule has 0 amide bonds. The number of carbonyl (C=O) groups is 1. The van der Waals surface area contributed by atoms with Gasteiger partial charge in [0.2, 0.25) is 0 Å². The Balaban J connectivity index is 2.17. The predicted molar refractivity (Wildman–Crippen MR) is 53.5 cm³/mol.